The predicted octanol–water partition coefficient (Wildman–Crippen LogP) is 0.239. The Morgan fingerprint density at radius 2 is 2.27 bits per heavy atom. The molecule has 11 heavy (non-hydrogen) atoms. The van der Waals surface area contributed by atoms with E-state index in [9.17, 15) is 0 Å². The van der Waals surface area contributed by atoms with E-state index in [-0.39, 0.29) is 0 Å². The van der Waals surface area contributed by atoms with Crippen molar-refractivity contribution in [2.45, 2.75) is 13.0 Å². The Morgan fingerprint density at radius 3 is 2.64 bits per heavy atom. The van der Waals surface area contributed by atoms with Crippen molar-refractivity contribution in [3.8, 4) is 0 Å². The quantitative estimate of drug-likeness (QED) is 0.609. The van der Waals surface area contributed by atoms with Gasteiger partial charge in [-0.15, -0.1) is 0 Å². The van der Waals surface area contributed by atoms with Gasteiger partial charge in [0.15, 0.2) is 0 Å². The number of likely N-dealkylation sites (N-methyl/N-ethyl adjacent to an activating group) is 1. The van der Waals surface area contributed by atoms with E-state index in [0.717, 1.165) is 0 Å². The Balaban J connectivity index is 3.63. The van der Waals surface area contributed by atoms with Gasteiger partial charge >= 0.3 is 0 Å². The van der Waals surface area contributed by atoms with E-state index < -0.39 is 0 Å². The van der Waals surface area contributed by atoms with Crippen molar-refractivity contribution < 1.29 is 4.74 Å². The predicted molar refractivity (Wildman–Crippen MR) is 50.8 cm³/mol. The van der Waals surface area contributed by atoms with Gasteiger partial charge in [0.25, 0.3) is 0 Å². The fourth-order valence-electron chi connectivity index (χ4n) is 0.770. The third-order valence-electron chi connectivity index (χ3n) is 1.57. The highest BCUT2D eigenvalue weighted by Crippen LogP contribution is 1.94. The molecule has 0 saturated heterocycles. The maximum absolute atomic E-state index is 5.38. The standard InChI is InChI=1S/C7H16N2OS/c1-6(5-10-3)9(2)4-7(8)11/h6H,4-5H2,1-3H3,(H2,8,11). The van der Waals surface area contributed by atoms with E-state index in [2.05, 4.69) is 11.8 Å². The Labute approximate surface area is 73.5 Å². The summed E-state index contributed by atoms with van der Waals surface area (Å²) in [4.78, 5) is 2.58. The first kappa shape index (κ1) is 10.8. The summed E-state index contributed by atoms with van der Waals surface area (Å²) < 4.78 is 4.98. The smallest absolute Gasteiger partial charge is 0.0870 e. The minimum Gasteiger partial charge on any atom is -0.392 e. The first-order chi connectivity index (χ1) is 5.07. The molecule has 1 unspecified atom stereocenters. The van der Waals surface area contributed by atoms with Gasteiger partial charge in [0.2, 0.25) is 0 Å². The molecule has 0 heterocycles. The van der Waals surface area contributed by atoms with Crippen LogP contribution in [0.25, 0.3) is 0 Å². The molecule has 4 heteroatoms. The van der Waals surface area contributed by atoms with Crippen molar-refractivity contribution in [1.29, 1.82) is 0 Å². The highest BCUT2D eigenvalue weighted by Gasteiger charge is 2.08. The fraction of sp³-hybridized carbons (Fsp3) is 0.857. The molecule has 2 N–H and O–H groups in total. The van der Waals surface area contributed by atoms with Gasteiger partial charge < -0.3 is 10.5 Å². The Bertz CT molecular complexity index is 130. The third kappa shape index (κ3) is 5.12. The summed E-state index contributed by atoms with van der Waals surface area (Å²) in [6.07, 6.45) is 0. The van der Waals surface area contributed by atoms with Crippen LogP contribution in [-0.2, 0) is 4.74 Å². The molecule has 0 bridgehead atoms. The normalized spacial score (nSPS) is 13.5. The summed E-state index contributed by atoms with van der Waals surface area (Å²) in [5.74, 6) is 0. The first-order valence-electron chi connectivity index (χ1n) is 3.55. The van der Waals surface area contributed by atoms with Crippen molar-refractivity contribution >= 4 is 17.2 Å². The van der Waals surface area contributed by atoms with E-state index in [1.54, 1.807) is 7.11 Å². The molecular weight excluding hydrogens is 160 g/mol. The molecule has 0 rings (SSSR count). The van der Waals surface area contributed by atoms with Gasteiger partial charge in [-0.3, -0.25) is 4.90 Å². The molecule has 0 aliphatic carbocycles. The number of ether oxygens (including phenoxy) is 1. The van der Waals surface area contributed by atoms with Gasteiger partial charge in [0.05, 0.1) is 11.6 Å². The number of hydrogen-bond acceptors (Lipinski definition) is 3. The maximum atomic E-state index is 5.38. The second-order valence-electron chi connectivity index (χ2n) is 2.69. The zero-order chi connectivity index (χ0) is 8.85. The minimum atomic E-state index is 0.362. The summed E-state index contributed by atoms with van der Waals surface area (Å²) in [7, 11) is 3.66. The van der Waals surface area contributed by atoms with Crippen LogP contribution in [0.15, 0.2) is 0 Å². The third-order valence-corrected chi connectivity index (χ3v) is 1.69. The molecule has 0 aliphatic heterocycles. The maximum Gasteiger partial charge on any atom is 0.0870 e. The topological polar surface area (TPSA) is 38.5 Å². The van der Waals surface area contributed by atoms with Gasteiger partial charge in [0, 0.05) is 19.7 Å². The molecule has 0 aromatic heterocycles. The Kier molecular flexibility index (Phi) is 5.36. The SMILES string of the molecule is COCC(C)N(C)CC(N)=S. The molecule has 0 amide bonds. The van der Waals surface area contributed by atoms with E-state index in [1.165, 1.54) is 0 Å². The molecule has 3 nitrogen and oxygen atoms in total. The summed E-state index contributed by atoms with van der Waals surface area (Å²) in [6, 6.07) is 0.362. The van der Waals surface area contributed by atoms with Crippen LogP contribution >= 0.6 is 12.2 Å². The average molecular weight is 176 g/mol. The highest BCUT2D eigenvalue weighted by atomic mass is 32.1. The van der Waals surface area contributed by atoms with Crippen molar-refractivity contribution in [2.24, 2.45) is 5.73 Å². The van der Waals surface area contributed by atoms with Gasteiger partial charge in [-0.25, -0.2) is 0 Å². The van der Waals surface area contributed by atoms with Crippen molar-refractivity contribution in [2.75, 3.05) is 27.3 Å². The summed E-state index contributed by atoms with van der Waals surface area (Å²) in [5, 5.41) is 0. The van der Waals surface area contributed by atoms with Gasteiger partial charge in [-0.05, 0) is 14.0 Å². The van der Waals surface area contributed by atoms with Crippen LogP contribution in [0.1, 0.15) is 6.92 Å². The van der Waals surface area contributed by atoms with E-state index in [1.807, 2.05) is 7.05 Å². The van der Waals surface area contributed by atoms with E-state index in [0.29, 0.717) is 24.2 Å². The van der Waals surface area contributed by atoms with Gasteiger partial charge in [0.1, 0.15) is 0 Å². The zero-order valence-electron chi connectivity index (χ0n) is 7.33. The number of nitrogens with zero attached hydrogens (tertiary/aromatic N) is 1. The van der Waals surface area contributed by atoms with E-state index >= 15 is 0 Å². The van der Waals surface area contributed by atoms with Crippen molar-refractivity contribution in [3.05, 3.63) is 0 Å². The zero-order valence-corrected chi connectivity index (χ0v) is 8.15. The summed E-state index contributed by atoms with van der Waals surface area (Å²) >= 11 is 4.77. The fourth-order valence-corrected chi connectivity index (χ4v) is 0.974. The largest absolute Gasteiger partial charge is 0.392 e. The monoisotopic (exact) mass is 176 g/mol. The van der Waals surface area contributed by atoms with Crippen LogP contribution in [0.2, 0.25) is 0 Å². The van der Waals surface area contributed by atoms with Gasteiger partial charge in [-0.1, -0.05) is 12.2 Å². The molecule has 0 aromatic rings. The number of rotatable bonds is 5. The Morgan fingerprint density at radius 1 is 1.73 bits per heavy atom. The molecule has 0 saturated carbocycles. The van der Waals surface area contributed by atoms with Crippen LogP contribution in [0.5, 0.6) is 0 Å². The minimum absolute atomic E-state index is 0.362. The second kappa shape index (κ2) is 5.46. The Hall–Kier alpha value is -0.190. The number of hydrogen-bond donors (Lipinski definition) is 1. The molecule has 0 aliphatic rings. The molecule has 0 radical (unpaired) electrons. The van der Waals surface area contributed by atoms with Crippen LogP contribution in [0.3, 0.4) is 0 Å². The second-order valence-corrected chi connectivity index (χ2v) is 3.21. The lowest BCUT2D eigenvalue weighted by Crippen LogP contribution is -2.38. The average Bonchev–Trinajstić information content (AvgIpc) is 1.86. The summed E-state index contributed by atoms with van der Waals surface area (Å²) in [6.45, 7) is 3.43. The summed E-state index contributed by atoms with van der Waals surface area (Å²) in [5.41, 5.74) is 5.38. The lowest BCUT2D eigenvalue weighted by atomic mass is 10.3. The number of nitrogens with two attached hydrogens (primary N) is 1. The molecule has 0 fully saturated rings. The lowest BCUT2D eigenvalue weighted by molar-refractivity contribution is 0.124. The van der Waals surface area contributed by atoms with Crippen molar-refractivity contribution in [3.63, 3.8) is 0 Å². The lowest BCUT2D eigenvalue weighted by Gasteiger charge is -2.22. The molecular formula is C7H16N2OS. The number of thiocarbonyl (C=S) groups is 1. The van der Waals surface area contributed by atoms with E-state index in [4.69, 9.17) is 22.7 Å². The van der Waals surface area contributed by atoms with Crippen LogP contribution in [-0.4, -0.2) is 43.2 Å². The molecule has 1 atom stereocenters. The van der Waals surface area contributed by atoms with Crippen LogP contribution in [0, 0.1) is 0 Å². The van der Waals surface area contributed by atoms with Crippen LogP contribution < -0.4 is 5.73 Å². The first-order valence-corrected chi connectivity index (χ1v) is 3.96. The molecule has 0 spiro atoms. The highest BCUT2D eigenvalue weighted by molar-refractivity contribution is 7.80. The number of methoxy groups -OCH3 is 1. The molecule has 0 aromatic carbocycles. The van der Waals surface area contributed by atoms with Crippen molar-refractivity contribution in [1.82, 2.24) is 4.90 Å². The van der Waals surface area contributed by atoms with Crippen LogP contribution in [0.4, 0.5) is 0 Å². The van der Waals surface area contributed by atoms with Gasteiger partial charge in [-0.2, -0.15) is 0 Å². The molecule has 66 valence electrons.